The van der Waals surface area contributed by atoms with Gasteiger partial charge in [-0.05, 0) is 43.2 Å². The van der Waals surface area contributed by atoms with Gasteiger partial charge in [-0.15, -0.1) is 0 Å². The topological polar surface area (TPSA) is 60.9 Å². The van der Waals surface area contributed by atoms with Crippen LogP contribution in [0.4, 0.5) is 5.69 Å². The summed E-state index contributed by atoms with van der Waals surface area (Å²) >= 11 is 3.39. The smallest absolute Gasteiger partial charge is 0.282 e. The third-order valence-corrected chi connectivity index (χ3v) is 5.09. The number of aryl methyl sites for hydroxylation is 2. The summed E-state index contributed by atoms with van der Waals surface area (Å²) in [6.07, 6.45) is 0. The maximum Gasteiger partial charge on any atom is 0.282 e. The number of likely N-dealkylation sites (N-methyl/N-ethyl adjacent to an activating group) is 1. The number of anilines is 1. The van der Waals surface area contributed by atoms with Crippen LogP contribution in [0.25, 0.3) is 5.57 Å². The first-order chi connectivity index (χ1) is 12.8. The van der Waals surface area contributed by atoms with E-state index < -0.39 is 0 Å². The maximum atomic E-state index is 13.3. The first kappa shape index (κ1) is 19.3. The molecule has 0 saturated carbocycles. The van der Waals surface area contributed by atoms with Gasteiger partial charge in [-0.2, -0.15) is 0 Å². The number of aliphatic hydroxyl groups is 1. The van der Waals surface area contributed by atoms with Crippen molar-refractivity contribution in [3.05, 3.63) is 69.3 Å². The minimum Gasteiger partial charge on any atom is -0.395 e. The van der Waals surface area contributed by atoms with Crippen molar-refractivity contribution in [3.8, 4) is 0 Å². The normalized spacial score (nSPS) is 14.3. The Morgan fingerprint density at radius 3 is 2.44 bits per heavy atom. The highest BCUT2D eigenvalue weighted by atomic mass is 79.9. The van der Waals surface area contributed by atoms with Gasteiger partial charge in [0.2, 0.25) is 0 Å². The highest BCUT2D eigenvalue weighted by Gasteiger charge is 2.42. The maximum absolute atomic E-state index is 13.3. The Labute approximate surface area is 167 Å². The lowest BCUT2D eigenvalue weighted by Crippen LogP contribution is -2.34. The van der Waals surface area contributed by atoms with Gasteiger partial charge < -0.3 is 10.0 Å². The Hall–Kier alpha value is -2.44. The molecule has 27 heavy (non-hydrogen) atoms. The molecular weight excluding hydrogens is 408 g/mol. The average molecular weight is 429 g/mol. The molecule has 0 aromatic heterocycles. The molecule has 2 amide bonds. The quantitative estimate of drug-likeness (QED) is 0.742. The van der Waals surface area contributed by atoms with Crippen LogP contribution >= 0.6 is 15.9 Å². The Balaban J connectivity index is 2.18. The van der Waals surface area contributed by atoms with Gasteiger partial charge in [0.1, 0.15) is 5.70 Å². The minimum absolute atomic E-state index is 0.113. The van der Waals surface area contributed by atoms with Crippen molar-refractivity contribution in [1.29, 1.82) is 0 Å². The number of nitrogens with zero attached hydrogens (tertiary/aromatic N) is 2. The van der Waals surface area contributed by atoms with Crippen LogP contribution in [0.2, 0.25) is 0 Å². The van der Waals surface area contributed by atoms with Crippen LogP contribution in [0.1, 0.15) is 16.7 Å². The van der Waals surface area contributed by atoms with Gasteiger partial charge in [0.15, 0.2) is 0 Å². The van der Waals surface area contributed by atoms with Crippen molar-refractivity contribution < 1.29 is 14.7 Å². The molecule has 1 heterocycles. The summed E-state index contributed by atoms with van der Waals surface area (Å²) in [5, 5.41) is 9.34. The Morgan fingerprint density at radius 1 is 1.07 bits per heavy atom. The van der Waals surface area contributed by atoms with Gasteiger partial charge in [0, 0.05) is 18.1 Å². The van der Waals surface area contributed by atoms with E-state index in [2.05, 4.69) is 15.9 Å². The van der Waals surface area contributed by atoms with E-state index in [-0.39, 0.29) is 25.0 Å². The Bertz CT molecular complexity index is 952. The molecule has 140 valence electrons. The number of hydrogen-bond acceptors (Lipinski definition) is 4. The SMILES string of the molecule is Cc1ccc(C2=C(N(C)CCO)C(=O)N(c3cccc(Br)c3)C2=O)c(C)c1. The fourth-order valence-electron chi connectivity index (χ4n) is 3.32. The summed E-state index contributed by atoms with van der Waals surface area (Å²) in [7, 11) is 1.71. The van der Waals surface area contributed by atoms with Gasteiger partial charge in [0.05, 0.1) is 17.9 Å². The molecule has 0 saturated heterocycles. The van der Waals surface area contributed by atoms with Gasteiger partial charge in [-0.25, -0.2) is 4.90 Å². The van der Waals surface area contributed by atoms with Gasteiger partial charge >= 0.3 is 0 Å². The third-order valence-electron chi connectivity index (χ3n) is 4.59. The lowest BCUT2D eigenvalue weighted by atomic mass is 9.97. The zero-order chi connectivity index (χ0) is 19.7. The summed E-state index contributed by atoms with van der Waals surface area (Å²) < 4.78 is 0.783. The number of carbonyl (C=O) groups excluding carboxylic acids is 2. The number of aliphatic hydroxyl groups excluding tert-OH is 1. The summed E-state index contributed by atoms with van der Waals surface area (Å²) in [5.41, 5.74) is 3.93. The number of benzene rings is 2. The van der Waals surface area contributed by atoms with Crippen molar-refractivity contribution >= 4 is 39.0 Å². The lowest BCUT2D eigenvalue weighted by Gasteiger charge is -2.20. The van der Waals surface area contributed by atoms with E-state index in [1.807, 2.05) is 38.1 Å². The highest BCUT2D eigenvalue weighted by molar-refractivity contribution is 9.10. The van der Waals surface area contributed by atoms with E-state index in [4.69, 9.17) is 0 Å². The molecule has 1 aliphatic rings. The van der Waals surface area contributed by atoms with Crippen LogP contribution in [0, 0.1) is 13.8 Å². The molecule has 6 heteroatoms. The van der Waals surface area contributed by atoms with Crippen LogP contribution in [0.3, 0.4) is 0 Å². The molecule has 0 spiro atoms. The molecule has 3 rings (SSSR count). The van der Waals surface area contributed by atoms with Gasteiger partial charge in [0.25, 0.3) is 11.8 Å². The van der Waals surface area contributed by atoms with Crippen LogP contribution < -0.4 is 4.90 Å². The van der Waals surface area contributed by atoms with Crippen molar-refractivity contribution in [2.45, 2.75) is 13.8 Å². The minimum atomic E-state index is -0.385. The first-order valence-electron chi connectivity index (χ1n) is 8.63. The Kier molecular flexibility index (Phi) is 5.48. The van der Waals surface area contributed by atoms with Crippen molar-refractivity contribution in [2.75, 3.05) is 25.1 Å². The zero-order valence-corrected chi connectivity index (χ0v) is 17.1. The second kappa shape index (κ2) is 7.66. The predicted molar refractivity (Wildman–Crippen MR) is 109 cm³/mol. The summed E-state index contributed by atoms with van der Waals surface area (Å²) in [4.78, 5) is 29.4. The Morgan fingerprint density at radius 2 is 1.81 bits per heavy atom. The van der Waals surface area contributed by atoms with E-state index in [9.17, 15) is 14.7 Å². The average Bonchev–Trinajstić information content (AvgIpc) is 2.86. The van der Waals surface area contributed by atoms with E-state index >= 15 is 0 Å². The molecule has 0 unspecified atom stereocenters. The number of amides is 2. The van der Waals surface area contributed by atoms with Crippen LogP contribution in [-0.4, -0.2) is 42.0 Å². The number of halogens is 1. The second-order valence-electron chi connectivity index (χ2n) is 6.61. The van der Waals surface area contributed by atoms with E-state index in [1.165, 1.54) is 4.90 Å². The molecule has 1 N–H and O–H groups in total. The third kappa shape index (κ3) is 3.55. The zero-order valence-electron chi connectivity index (χ0n) is 15.5. The monoisotopic (exact) mass is 428 g/mol. The number of carbonyl (C=O) groups is 2. The second-order valence-corrected chi connectivity index (χ2v) is 7.53. The summed E-state index contributed by atoms with van der Waals surface area (Å²) in [5.74, 6) is -0.742. The standard InChI is InChI=1S/C21H21BrN2O3/c1-13-7-8-17(14(2)11-13)18-19(23(3)9-10-25)21(27)24(20(18)26)16-6-4-5-15(22)12-16/h4-8,11-12,25H,9-10H2,1-3H3. The molecule has 1 aliphatic heterocycles. The van der Waals surface area contributed by atoms with Gasteiger partial charge in [-0.3, -0.25) is 9.59 Å². The molecule has 5 nitrogen and oxygen atoms in total. The molecule has 2 aromatic rings. The van der Waals surface area contributed by atoms with E-state index in [0.29, 0.717) is 17.0 Å². The molecule has 0 atom stereocenters. The van der Waals surface area contributed by atoms with Crippen molar-refractivity contribution in [1.82, 2.24) is 4.90 Å². The van der Waals surface area contributed by atoms with E-state index in [1.54, 1.807) is 30.1 Å². The fraction of sp³-hybridized carbons (Fsp3) is 0.238. The molecule has 0 bridgehead atoms. The predicted octanol–water partition coefficient (Wildman–Crippen LogP) is 3.27. The lowest BCUT2D eigenvalue weighted by molar-refractivity contribution is -0.120. The van der Waals surface area contributed by atoms with Crippen molar-refractivity contribution in [2.24, 2.45) is 0 Å². The molecule has 2 aromatic carbocycles. The first-order valence-corrected chi connectivity index (χ1v) is 9.42. The number of imide groups is 1. The molecule has 0 fully saturated rings. The summed E-state index contributed by atoms with van der Waals surface area (Å²) in [6.45, 7) is 4.06. The molecule has 0 radical (unpaired) electrons. The van der Waals surface area contributed by atoms with Crippen LogP contribution in [0.5, 0.6) is 0 Å². The largest absolute Gasteiger partial charge is 0.395 e. The van der Waals surface area contributed by atoms with E-state index in [0.717, 1.165) is 21.2 Å². The van der Waals surface area contributed by atoms with Crippen LogP contribution in [0.15, 0.2) is 52.6 Å². The fourth-order valence-corrected chi connectivity index (χ4v) is 3.71. The number of hydrogen-bond donors (Lipinski definition) is 1. The highest BCUT2D eigenvalue weighted by Crippen LogP contribution is 2.36. The van der Waals surface area contributed by atoms with Gasteiger partial charge in [-0.1, -0.05) is 45.8 Å². The molecular formula is C21H21BrN2O3. The summed E-state index contributed by atoms with van der Waals surface area (Å²) in [6, 6.07) is 12.9. The van der Waals surface area contributed by atoms with Crippen molar-refractivity contribution in [3.63, 3.8) is 0 Å². The van der Waals surface area contributed by atoms with Crippen LogP contribution in [-0.2, 0) is 9.59 Å². The molecule has 0 aliphatic carbocycles. The number of rotatable bonds is 5.